The smallest absolute Gasteiger partial charge is 0.411 e. The van der Waals surface area contributed by atoms with Crippen molar-refractivity contribution < 1.29 is 19.1 Å². The average Bonchev–Trinajstić information content (AvgIpc) is 3.29. The number of benzene rings is 3. The van der Waals surface area contributed by atoms with Crippen molar-refractivity contribution in [3.05, 3.63) is 130 Å². The van der Waals surface area contributed by atoms with Gasteiger partial charge in [0.05, 0.1) is 6.54 Å². The molecule has 2 heterocycles. The van der Waals surface area contributed by atoms with Crippen molar-refractivity contribution in [2.45, 2.75) is 32.0 Å². The fourth-order valence-electron chi connectivity index (χ4n) is 4.71. The Hall–Kier alpha value is -4.69. The highest BCUT2D eigenvalue weighted by atomic mass is 35.5. The van der Waals surface area contributed by atoms with E-state index >= 15 is 0 Å². The van der Waals surface area contributed by atoms with Gasteiger partial charge < -0.3 is 15.4 Å². The molecule has 1 aliphatic rings. The normalized spacial score (nSPS) is 16.2. The zero-order chi connectivity index (χ0) is 28.8. The molecular weight excluding hydrogens is 540 g/mol. The molecule has 3 amide bonds. The van der Waals surface area contributed by atoms with Gasteiger partial charge in [-0.05, 0) is 66.6 Å². The topological polar surface area (TPSA) is 101 Å². The first-order chi connectivity index (χ1) is 19.9. The van der Waals surface area contributed by atoms with Crippen molar-refractivity contribution in [2.75, 3.05) is 11.9 Å². The molecule has 2 N–H and O–H groups in total. The molecule has 0 saturated carbocycles. The second-order valence-corrected chi connectivity index (χ2v) is 10.3. The summed E-state index contributed by atoms with van der Waals surface area (Å²) in [6, 6.07) is 26.0. The molecule has 0 unspecified atom stereocenters. The van der Waals surface area contributed by atoms with Gasteiger partial charge in [-0.15, -0.1) is 0 Å². The summed E-state index contributed by atoms with van der Waals surface area (Å²) in [4.78, 5) is 45.3. The molecule has 1 saturated heterocycles. The van der Waals surface area contributed by atoms with Crippen LogP contribution in [0.3, 0.4) is 0 Å². The number of hydrogen-bond acceptors (Lipinski definition) is 5. The van der Waals surface area contributed by atoms with E-state index in [1.807, 2.05) is 43.3 Å². The monoisotopic (exact) mass is 568 g/mol. The molecule has 4 aromatic rings. The fourth-order valence-corrected chi connectivity index (χ4v) is 4.92. The molecule has 1 aliphatic heterocycles. The lowest BCUT2D eigenvalue weighted by Crippen LogP contribution is -2.46. The Balaban J connectivity index is 1.38. The van der Waals surface area contributed by atoms with Crippen LogP contribution in [0.1, 0.15) is 38.8 Å². The van der Waals surface area contributed by atoms with Crippen LogP contribution in [0.2, 0.25) is 5.02 Å². The number of pyridine rings is 1. The Morgan fingerprint density at radius 2 is 1.78 bits per heavy atom. The van der Waals surface area contributed by atoms with Gasteiger partial charge in [0.2, 0.25) is 5.91 Å². The predicted octanol–water partition coefficient (Wildman–Crippen LogP) is 5.72. The summed E-state index contributed by atoms with van der Waals surface area (Å²) in [5.74, 6) is -0.620. The van der Waals surface area contributed by atoms with Gasteiger partial charge in [0, 0.05) is 41.1 Å². The maximum absolute atomic E-state index is 13.6. The van der Waals surface area contributed by atoms with Crippen molar-refractivity contribution >= 4 is 35.2 Å². The maximum Gasteiger partial charge on any atom is 0.411 e. The largest absolute Gasteiger partial charge is 0.438 e. The van der Waals surface area contributed by atoms with Crippen molar-refractivity contribution in [3.8, 4) is 0 Å². The molecule has 1 fully saturated rings. The van der Waals surface area contributed by atoms with Crippen LogP contribution in [-0.4, -0.2) is 40.4 Å². The van der Waals surface area contributed by atoms with E-state index in [9.17, 15) is 14.4 Å². The van der Waals surface area contributed by atoms with E-state index in [1.54, 1.807) is 60.8 Å². The second kappa shape index (κ2) is 12.7. The average molecular weight is 569 g/mol. The molecule has 0 spiro atoms. The van der Waals surface area contributed by atoms with Crippen LogP contribution < -0.4 is 10.6 Å². The lowest BCUT2D eigenvalue weighted by Gasteiger charge is -2.24. The van der Waals surface area contributed by atoms with Gasteiger partial charge in [0.1, 0.15) is 0 Å². The first kappa shape index (κ1) is 27.9. The van der Waals surface area contributed by atoms with E-state index < -0.39 is 18.2 Å². The number of anilines is 1. The van der Waals surface area contributed by atoms with Gasteiger partial charge in [-0.25, -0.2) is 4.79 Å². The lowest BCUT2D eigenvalue weighted by atomic mass is 10.00. The van der Waals surface area contributed by atoms with Crippen LogP contribution in [0.4, 0.5) is 10.5 Å². The minimum absolute atomic E-state index is 0.137. The van der Waals surface area contributed by atoms with Gasteiger partial charge in [0.15, 0.2) is 12.1 Å². The van der Waals surface area contributed by atoms with E-state index in [4.69, 9.17) is 16.3 Å². The summed E-state index contributed by atoms with van der Waals surface area (Å²) in [5.41, 5.74) is 4.28. The van der Waals surface area contributed by atoms with Gasteiger partial charge in [0.25, 0.3) is 5.91 Å². The van der Waals surface area contributed by atoms with E-state index in [-0.39, 0.29) is 18.4 Å². The number of nitrogens with zero attached hydrogens (tertiary/aromatic N) is 2. The zero-order valence-electron chi connectivity index (χ0n) is 22.4. The van der Waals surface area contributed by atoms with Crippen molar-refractivity contribution in [2.24, 2.45) is 0 Å². The number of carbonyl (C=O) groups is 3. The number of aromatic nitrogens is 1. The maximum atomic E-state index is 13.6. The fraction of sp³-hybridized carbons (Fsp3) is 0.188. The van der Waals surface area contributed by atoms with E-state index in [1.165, 1.54) is 4.90 Å². The summed E-state index contributed by atoms with van der Waals surface area (Å²) in [7, 11) is 0. The predicted molar refractivity (Wildman–Crippen MR) is 157 cm³/mol. The highest BCUT2D eigenvalue weighted by molar-refractivity contribution is 6.30. The zero-order valence-corrected chi connectivity index (χ0v) is 23.2. The van der Waals surface area contributed by atoms with Crippen molar-refractivity contribution in [1.29, 1.82) is 0 Å². The number of aryl methyl sites for hydroxylation is 1. The minimum Gasteiger partial charge on any atom is -0.438 e. The standard InChI is InChI=1S/C32H29ClN4O4/c1-21-11-13-23(14-12-21)30(38)36-27-10-5-7-24(19-27)29-28(31(39)35-17-15-26-9-2-3-16-34-26)37(32(40)41-29)20-22-6-4-8-25(33)18-22/h2-14,16,18-19,28-29H,15,17,20H2,1H3,(H,35,39)(H,36,38)/t28-,29-/m0/s1. The van der Waals surface area contributed by atoms with Crippen LogP contribution in [0.5, 0.6) is 0 Å². The molecule has 41 heavy (non-hydrogen) atoms. The number of halogens is 1. The molecule has 0 aliphatic carbocycles. The molecule has 3 aromatic carbocycles. The van der Waals surface area contributed by atoms with Crippen LogP contribution >= 0.6 is 11.6 Å². The Labute approximate surface area is 243 Å². The molecule has 0 bridgehead atoms. The Morgan fingerprint density at radius 3 is 2.54 bits per heavy atom. The molecule has 8 nitrogen and oxygen atoms in total. The minimum atomic E-state index is -0.951. The van der Waals surface area contributed by atoms with Crippen molar-refractivity contribution in [3.63, 3.8) is 0 Å². The first-order valence-electron chi connectivity index (χ1n) is 13.2. The third-order valence-electron chi connectivity index (χ3n) is 6.79. The van der Waals surface area contributed by atoms with Gasteiger partial charge >= 0.3 is 6.09 Å². The third kappa shape index (κ3) is 6.91. The quantitative estimate of drug-likeness (QED) is 0.269. The van der Waals surface area contributed by atoms with E-state index in [0.717, 1.165) is 16.8 Å². The van der Waals surface area contributed by atoms with Crippen LogP contribution in [-0.2, 0) is 22.5 Å². The Morgan fingerprint density at radius 1 is 0.976 bits per heavy atom. The number of amides is 3. The number of carbonyl (C=O) groups excluding carboxylic acids is 3. The third-order valence-corrected chi connectivity index (χ3v) is 7.02. The Bertz CT molecular complexity index is 1550. The van der Waals surface area contributed by atoms with Gasteiger partial charge in [-0.3, -0.25) is 19.5 Å². The van der Waals surface area contributed by atoms with Gasteiger partial charge in [-0.1, -0.05) is 59.6 Å². The van der Waals surface area contributed by atoms with E-state index in [2.05, 4.69) is 15.6 Å². The highest BCUT2D eigenvalue weighted by Crippen LogP contribution is 2.35. The molecule has 9 heteroatoms. The number of cyclic esters (lactones) is 1. The molecule has 0 radical (unpaired) electrons. The molecule has 5 rings (SSSR count). The molecular formula is C32H29ClN4O4. The van der Waals surface area contributed by atoms with Crippen LogP contribution in [0.15, 0.2) is 97.2 Å². The number of ether oxygens (including phenoxy) is 1. The summed E-state index contributed by atoms with van der Waals surface area (Å²) in [6.45, 7) is 2.43. The SMILES string of the molecule is Cc1ccc(C(=O)Nc2cccc([C@@H]3OC(=O)N(Cc4cccc(Cl)c4)[C@@H]3C(=O)NCCc3ccccn3)c2)cc1. The first-order valence-corrected chi connectivity index (χ1v) is 13.6. The summed E-state index contributed by atoms with van der Waals surface area (Å²) in [6.07, 6.45) is 0.725. The summed E-state index contributed by atoms with van der Waals surface area (Å²) < 4.78 is 5.79. The number of hydrogen-bond donors (Lipinski definition) is 2. The highest BCUT2D eigenvalue weighted by Gasteiger charge is 2.47. The molecule has 1 aromatic heterocycles. The Kier molecular flexibility index (Phi) is 8.60. The molecule has 2 atom stereocenters. The summed E-state index contributed by atoms with van der Waals surface area (Å²) in [5, 5.41) is 6.36. The van der Waals surface area contributed by atoms with Crippen LogP contribution in [0.25, 0.3) is 0 Å². The second-order valence-electron chi connectivity index (χ2n) is 9.81. The van der Waals surface area contributed by atoms with Crippen molar-refractivity contribution in [1.82, 2.24) is 15.2 Å². The molecule has 208 valence electrons. The number of rotatable bonds is 9. The van der Waals surface area contributed by atoms with Crippen LogP contribution in [0, 0.1) is 6.92 Å². The van der Waals surface area contributed by atoms with Gasteiger partial charge in [-0.2, -0.15) is 0 Å². The lowest BCUT2D eigenvalue weighted by molar-refractivity contribution is -0.126. The number of nitrogens with one attached hydrogen (secondary N) is 2. The summed E-state index contributed by atoms with van der Waals surface area (Å²) >= 11 is 6.17. The van der Waals surface area contributed by atoms with E-state index in [0.29, 0.717) is 34.8 Å².